The molecule has 1 aromatic carbocycles. The molecule has 0 bridgehead atoms. The maximum atomic E-state index is 8.92. The first kappa shape index (κ1) is 13.9. The largest absolute Gasteiger partial charge is 0.378 e. The van der Waals surface area contributed by atoms with Gasteiger partial charge in [0.05, 0.1) is 17.7 Å². The monoisotopic (exact) mass is 259 g/mol. The fourth-order valence-corrected chi connectivity index (χ4v) is 2.39. The zero-order valence-electron chi connectivity index (χ0n) is 11.2. The van der Waals surface area contributed by atoms with Crippen LogP contribution in [0.25, 0.3) is 0 Å². The van der Waals surface area contributed by atoms with Gasteiger partial charge in [-0.15, -0.1) is 0 Å². The van der Waals surface area contributed by atoms with E-state index in [0.717, 1.165) is 50.2 Å². The molecule has 1 aliphatic heterocycles. The maximum absolute atomic E-state index is 8.92. The lowest BCUT2D eigenvalue weighted by atomic mass is 10.1. The molecule has 1 saturated heterocycles. The van der Waals surface area contributed by atoms with Crippen molar-refractivity contribution in [3.63, 3.8) is 0 Å². The summed E-state index contributed by atoms with van der Waals surface area (Å²) in [4.78, 5) is 2.32. The van der Waals surface area contributed by atoms with Gasteiger partial charge in [-0.25, -0.2) is 0 Å². The Bertz CT molecular complexity index is 433. The third kappa shape index (κ3) is 3.95. The lowest BCUT2D eigenvalue weighted by Gasteiger charge is -2.33. The minimum absolute atomic E-state index is 0.363. The number of nitrogens with zero attached hydrogens (tertiary/aromatic N) is 2. The molecule has 0 spiro atoms. The number of benzene rings is 1. The van der Waals surface area contributed by atoms with Crippen molar-refractivity contribution in [2.45, 2.75) is 25.4 Å². The van der Waals surface area contributed by atoms with E-state index in [1.54, 1.807) is 0 Å². The van der Waals surface area contributed by atoms with Crippen LogP contribution in [0.15, 0.2) is 24.3 Å². The van der Waals surface area contributed by atoms with Gasteiger partial charge in [0.25, 0.3) is 0 Å². The van der Waals surface area contributed by atoms with Crippen molar-refractivity contribution in [2.75, 3.05) is 31.1 Å². The highest BCUT2D eigenvalue weighted by Gasteiger charge is 2.19. The first-order valence-corrected chi connectivity index (χ1v) is 6.90. The molecule has 0 radical (unpaired) electrons. The Balaban J connectivity index is 1.84. The number of piperidine rings is 1. The summed E-state index contributed by atoms with van der Waals surface area (Å²) in [5.41, 5.74) is 7.31. The van der Waals surface area contributed by atoms with Crippen LogP contribution < -0.4 is 10.6 Å². The van der Waals surface area contributed by atoms with Crippen LogP contribution in [0.5, 0.6) is 0 Å². The molecule has 2 N–H and O–H groups in total. The zero-order valence-corrected chi connectivity index (χ0v) is 11.2. The summed E-state index contributed by atoms with van der Waals surface area (Å²) in [7, 11) is 0. The van der Waals surface area contributed by atoms with Crippen molar-refractivity contribution in [2.24, 2.45) is 5.73 Å². The van der Waals surface area contributed by atoms with Gasteiger partial charge in [0.1, 0.15) is 0 Å². The molecule has 0 amide bonds. The quantitative estimate of drug-likeness (QED) is 0.820. The van der Waals surface area contributed by atoms with E-state index in [1.165, 1.54) is 0 Å². The Morgan fingerprint density at radius 3 is 2.84 bits per heavy atom. The molecule has 0 saturated carbocycles. The van der Waals surface area contributed by atoms with Gasteiger partial charge in [0.15, 0.2) is 0 Å². The predicted octanol–water partition coefficient (Wildman–Crippen LogP) is 1.89. The lowest BCUT2D eigenvalue weighted by molar-refractivity contribution is 0.0366. The predicted molar refractivity (Wildman–Crippen MR) is 76.0 cm³/mol. The average molecular weight is 259 g/mol. The molecule has 4 heteroatoms. The molecule has 102 valence electrons. The second kappa shape index (κ2) is 7.13. The van der Waals surface area contributed by atoms with Crippen molar-refractivity contribution < 1.29 is 4.74 Å². The fourth-order valence-electron chi connectivity index (χ4n) is 2.39. The molecule has 1 aromatic rings. The zero-order chi connectivity index (χ0) is 13.5. The van der Waals surface area contributed by atoms with Gasteiger partial charge in [0.2, 0.25) is 0 Å². The molecule has 1 heterocycles. The van der Waals surface area contributed by atoms with Crippen LogP contribution in [0, 0.1) is 11.3 Å². The lowest BCUT2D eigenvalue weighted by Crippen LogP contribution is -2.37. The average Bonchev–Trinajstić information content (AvgIpc) is 2.48. The third-order valence-electron chi connectivity index (χ3n) is 3.48. The smallest absolute Gasteiger partial charge is 0.0992 e. The normalized spacial score (nSPS) is 16.3. The Kier molecular flexibility index (Phi) is 5.20. The summed E-state index contributed by atoms with van der Waals surface area (Å²) < 4.78 is 5.79. The number of nitriles is 1. The maximum Gasteiger partial charge on any atom is 0.0992 e. The van der Waals surface area contributed by atoms with Crippen LogP contribution in [-0.4, -0.2) is 32.3 Å². The van der Waals surface area contributed by atoms with Crippen LogP contribution in [0.2, 0.25) is 0 Å². The Hall–Kier alpha value is -1.57. The molecule has 0 aliphatic carbocycles. The van der Waals surface area contributed by atoms with E-state index in [9.17, 15) is 0 Å². The summed E-state index contributed by atoms with van der Waals surface area (Å²) in [5.74, 6) is 0. The second-order valence-electron chi connectivity index (χ2n) is 4.86. The Morgan fingerprint density at radius 2 is 2.16 bits per heavy atom. The van der Waals surface area contributed by atoms with Crippen LogP contribution in [0.4, 0.5) is 5.69 Å². The summed E-state index contributed by atoms with van der Waals surface area (Å²) in [6.45, 7) is 3.44. The van der Waals surface area contributed by atoms with E-state index in [1.807, 2.05) is 18.2 Å². The van der Waals surface area contributed by atoms with E-state index < -0.39 is 0 Å². The molecule has 0 unspecified atom stereocenters. The van der Waals surface area contributed by atoms with Crippen LogP contribution in [-0.2, 0) is 4.74 Å². The number of rotatable bonds is 5. The summed E-state index contributed by atoms with van der Waals surface area (Å²) in [5, 5.41) is 8.92. The highest BCUT2D eigenvalue weighted by Crippen LogP contribution is 2.22. The SMILES string of the molecule is N#Cc1cccc(N2CCC(OCCCN)CC2)c1. The molecule has 0 aromatic heterocycles. The Labute approximate surface area is 114 Å². The van der Waals surface area contributed by atoms with Gasteiger partial charge in [-0.1, -0.05) is 6.07 Å². The molecular weight excluding hydrogens is 238 g/mol. The minimum atomic E-state index is 0.363. The van der Waals surface area contributed by atoms with Gasteiger partial charge in [-0.05, 0) is 44.0 Å². The van der Waals surface area contributed by atoms with E-state index in [0.29, 0.717) is 12.6 Å². The molecule has 2 rings (SSSR count). The van der Waals surface area contributed by atoms with Crippen LogP contribution in [0.3, 0.4) is 0 Å². The number of ether oxygens (including phenoxy) is 1. The second-order valence-corrected chi connectivity index (χ2v) is 4.86. The highest BCUT2D eigenvalue weighted by molar-refractivity contribution is 5.51. The van der Waals surface area contributed by atoms with Gasteiger partial charge in [0, 0.05) is 25.4 Å². The van der Waals surface area contributed by atoms with Crippen molar-refractivity contribution in [1.82, 2.24) is 0 Å². The molecule has 1 fully saturated rings. The number of hydrogen-bond donors (Lipinski definition) is 1. The molecule has 19 heavy (non-hydrogen) atoms. The summed E-state index contributed by atoms with van der Waals surface area (Å²) in [6, 6.07) is 9.99. The van der Waals surface area contributed by atoms with Crippen molar-refractivity contribution in [3.05, 3.63) is 29.8 Å². The van der Waals surface area contributed by atoms with Gasteiger partial charge in [-0.3, -0.25) is 0 Å². The topological polar surface area (TPSA) is 62.3 Å². The number of anilines is 1. The first-order chi connectivity index (χ1) is 9.33. The van der Waals surface area contributed by atoms with Crippen LogP contribution >= 0.6 is 0 Å². The third-order valence-corrected chi connectivity index (χ3v) is 3.48. The van der Waals surface area contributed by atoms with E-state index in [4.69, 9.17) is 15.7 Å². The van der Waals surface area contributed by atoms with Gasteiger partial charge >= 0.3 is 0 Å². The van der Waals surface area contributed by atoms with Gasteiger partial charge < -0.3 is 15.4 Å². The number of nitrogens with two attached hydrogens (primary N) is 1. The molecule has 4 nitrogen and oxygen atoms in total. The molecule has 1 aliphatic rings. The van der Waals surface area contributed by atoms with E-state index in [-0.39, 0.29) is 0 Å². The van der Waals surface area contributed by atoms with E-state index in [2.05, 4.69) is 17.0 Å². The number of hydrogen-bond acceptors (Lipinski definition) is 4. The van der Waals surface area contributed by atoms with Crippen molar-refractivity contribution in [1.29, 1.82) is 5.26 Å². The van der Waals surface area contributed by atoms with E-state index >= 15 is 0 Å². The van der Waals surface area contributed by atoms with Crippen molar-refractivity contribution >= 4 is 5.69 Å². The van der Waals surface area contributed by atoms with Crippen molar-refractivity contribution in [3.8, 4) is 6.07 Å². The summed E-state index contributed by atoms with van der Waals surface area (Å²) in [6.07, 6.45) is 3.38. The standard InChI is InChI=1S/C15H21N3O/c16-7-2-10-19-15-5-8-18(9-6-15)14-4-1-3-13(11-14)12-17/h1,3-4,11,15H,2,5-10,16H2. The summed E-state index contributed by atoms with van der Waals surface area (Å²) >= 11 is 0. The van der Waals surface area contributed by atoms with Gasteiger partial charge in [-0.2, -0.15) is 5.26 Å². The molecular formula is C15H21N3O. The minimum Gasteiger partial charge on any atom is -0.378 e. The fraction of sp³-hybridized carbons (Fsp3) is 0.533. The Morgan fingerprint density at radius 1 is 1.37 bits per heavy atom. The van der Waals surface area contributed by atoms with Crippen LogP contribution in [0.1, 0.15) is 24.8 Å². The molecule has 0 atom stereocenters. The first-order valence-electron chi connectivity index (χ1n) is 6.90. The highest BCUT2D eigenvalue weighted by atomic mass is 16.5.